The first-order valence-electron chi connectivity index (χ1n) is 13.1. The average Bonchev–Trinajstić information content (AvgIpc) is 3.73. The van der Waals surface area contributed by atoms with Crippen molar-refractivity contribution in [1.82, 2.24) is 39.9 Å². The molecule has 4 aromatic carbocycles. The van der Waals surface area contributed by atoms with E-state index in [1.807, 2.05) is 60.7 Å². The molecule has 5 heterocycles. The Kier molecular flexibility index (Phi) is 6.31. The van der Waals surface area contributed by atoms with Crippen molar-refractivity contribution in [2.75, 3.05) is 0 Å². The van der Waals surface area contributed by atoms with Crippen LogP contribution in [0.3, 0.4) is 0 Å². The van der Waals surface area contributed by atoms with Gasteiger partial charge in [-0.3, -0.25) is 0 Å². The van der Waals surface area contributed by atoms with Gasteiger partial charge in [-0.05, 0) is 27.1 Å². The molecule has 0 amide bonds. The van der Waals surface area contributed by atoms with Gasteiger partial charge in [-0.1, -0.05) is 97.1 Å². The Balaban J connectivity index is 0.00000144. The Bertz CT molecular complexity index is 2300. The van der Waals surface area contributed by atoms with Gasteiger partial charge in [0.2, 0.25) is 0 Å². The molecule has 0 atom stereocenters. The van der Waals surface area contributed by atoms with E-state index in [4.69, 9.17) is 19.9 Å². The van der Waals surface area contributed by atoms with Crippen molar-refractivity contribution < 1.29 is 37.7 Å². The van der Waals surface area contributed by atoms with Crippen LogP contribution in [0.25, 0.3) is 89.0 Å². The third-order valence-corrected chi connectivity index (χ3v) is 7.59. The number of rotatable bonds is 0. The fourth-order valence-electron chi connectivity index (χ4n) is 5.73. The number of H-pyrrole nitrogens is 4. The van der Waals surface area contributed by atoms with Crippen LogP contribution in [0.15, 0.2) is 97.1 Å². The van der Waals surface area contributed by atoms with Gasteiger partial charge >= 0.3 is 37.7 Å². The summed E-state index contributed by atoms with van der Waals surface area (Å²) in [6.45, 7) is 0. The van der Waals surface area contributed by atoms with Crippen molar-refractivity contribution in [3.8, 4) is 22.8 Å². The first-order valence-corrected chi connectivity index (χ1v) is 13.1. The maximum atomic E-state index is 5.04. The van der Waals surface area contributed by atoms with E-state index in [9.17, 15) is 0 Å². The zero-order valence-electron chi connectivity index (χ0n) is 23.0. The van der Waals surface area contributed by atoms with Crippen LogP contribution in [0, 0.1) is 0 Å². The molecule has 190 valence electrons. The van der Waals surface area contributed by atoms with Crippen LogP contribution in [-0.4, -0.2) is 29.9 Å². The van der Waals surface area contributed by atoms with Crippen molar-refractivity contribution in [3.63, 3.8) is 0 Å². The summed E-state index contributed by atoms with van der Waals surface area (Å²) in [4.78, 5) is 34.2. The molecule has 8 nitrogen and oxygen atoms in total. The van der Waals surface area contributed by atoms with Crippen LogP contribution in [0.5, 0.6) is 0 Å². The number of nitrogens with one attached hydrogen (secondary N) is 4. The van der Waals surface area contributed by atoms with Crippen LogP contribution in [-0.2, 0) is 0 Å². The summed E-state index contributed by atoms with van der Waals surface area (Å²) < 4.78 is 0. The molecule has 8 aromatic rings. The van der Waals surface area contributed by atoms with E-state index in [2.05, 4.69) is 56.3 Å². The molecule has 8 bridgehead atoms. The Morgan fingerprint density at radius 1 is 0.429 bits per heavy atom. The first kappa shape index (κ1) is 26.3. The average molecular weight is 530 g/mol. The maximum absolute atomic E-state index is 5.04. The van der Waals surface area contributed by atoms with Crippen LogP contribution < -0.4 is 47.7 Å². The number of benzene rings is 4. The SMILES string of the molecule is [Li+].[Li+].c1ccc2c(c1)-c1nc-2[n-]c2[nH]c([nH]c3[n-]c([nH]c4[nH]c(n1)c1ccccc41)c1ccccc31)c1ccccc21. The molecule has 0 saturated carbocycles. The summed E-state index contributed by atoms with van der Waals surface area (Å²) in [6, 6.07) is 32.7. The zero-order chi connectivity index (χ0) is 26.2. The summed E-state index contributed by atoms with van der Waals surface area (Å²) in [5, 5.41) is 6.06. The summed E-state index contributed by atoms with van der Waals surface area (Å²) >= 11 is 0. The Labute approximate surface area is 262 Å². The van der Waals surface area contributed by atoms with Gasteiger partial charge in [0.1, 0.15) is 5.65 Å². The van der Waals surface area contributed by atoms with Gasteiger partial charge in [0.25, 0.3) is 0 Å². The fourth-order valence-corrected chi connectivity index (χ4v) is 5.73. The molecular weight excluding hydrogens is 510 g/mol. The maximum Gasteiger partial charge on any atom is 1.00 e. The van der Waals surface area contributed by atoms with Crippen LogP contribution >= 0.6 is 0 Å². The van der Waals surface area contributed by atoms with Crippen molar-refractivity contribution >= 4 is 66.2 Å². The van der Waals surface area contributed by atoms with E-state index >= 15 is 0 Å². The molecule has 42 heavy (non-hydrogen) atoms. The molecule has 9 rings (SSSR count). The predicted octanol–water partition coefficient (Wildman–Crippen LogP) is 1.09. The Morgan fingerprint density at radius 3 is 1.52 bits per heavy atom. The molecule has 4 N–H and O–H groups in total. The summed E-state index contributed by atoms with van der Waals surface area (Å²) in [6.07, 6.45) is 0. The molecule has 0 unspecified atom stereocenters. The third-order valence-electron chi connectivity index (χ3n) is 7.59. The molecule has 0 fully saturated rings. The third kappa shape index (κ3) is 3.93. The molecule has 4 aromatic heterocycles. The monoisotopic (exact) mass is 530 g/mol. The van der Waals surface area contributed by atoms with Crippen molar-refractivity contribution in [1.29, 1.82) is 0 Å². The van der Waals surface area contributed by atoms with Gasteiger partial charge in [-0.2, -0.15) is 0 Å². The number of fused-ring (bicyclic) bond motifs is 20. The number of nitrogens with zero attached hydrogens (tertiary/aromatic N) is 4. The molecule has 0 spiro atoms. The van der Waals surface area contributed by atoms with E-state index in [1.165, 1.54) is 0 Å². The predicted molar refractivity (Wildman–Crippen MR) is 160 cm³/mol. The number of aromatic amines is 4. The first-order chi connectivity index (χ1) is 19.8. The van der Waals surface area contributed by atoms with Crippen molar-refractivity contribution in [2.45, 2.75) is 0 Å². The second-order valence-electron chi connectivity index (χ2n) is 9.92. The topological polar surface area (TPSA) is 117 Å². The molecular formula is C32H20Li2N8. The Hall–Kier alpha value is -4.57. The summed E-state index contributed by atoms with van der Waals surface area (Å²) in [7, 11) is 0. The summed E-state index contributed by atoms with van der Waals surface area (Å²) in [5.74, 6) is 1.24. The van der Waals surface area contributed by atoms with E-state index in [1.54, 1.807) is 0 Å². The molecule has 0 saturated heterocycles. The molecule has 10 heteroatoms. The number of aromatic nitrogens is 8. The van der Waals surface area contributed by atoms with Gasteiger partial charge in [0, 0.05) is 44.7 Å². The van der Waals surface area contributed by atoms with Crippen LogP contribution in [0.1, 0.15) is 0 Å². The minimum absolute atomic E-state index is 0. The standard InChI is InChI=1S/C32H20N8.2Li/c1-2-10-18-17(9-1)25-33-26(18)38-28-21-13-5-6-14-22(21)30(35-28)40-32-24-16-8-7-15-23(24)31(36-32)39-29-20-12-4-3-11-19(20)27(34-29)37-25;;/h1-16,33,36-37,39H;;/q-2;2*+1. The van der Waals surface area contributed by atoms with Crippen molar-refractivity contribution in [2.24, 2.45) is 0 Å². The molecule has 0 aliphatic carbocycles. The smallest absolute Gasteiger partial charge is 0.411 e. The van der Waals surface area contributed by atoms with Crippen LogP contribution in [0.4, 0.5) is 0 Å². The van der Waals surface area contributed by atoms with Crippen molar-refractivity contribution in [3.05, 3.63) is 97.1 Å². The Morgan fingerprint density at radius 2 is 0.881 bits per heavy atom. The van der Waals surface area contributed by atoms with E-state index in [0.29, 0.717) is 11.6 Å². The van der Waals surface area contributed by atoms with Gasteiger partial charge in [0.05, 0.1) is 11.5 Å². The quantitative estimate of drug-likeness (QED) is 0.220. The van der Waals surface area contributed by atoms with Gasteiger partial charge in [-0.25, -0.2) is 4.98 Å². The molecule has 1 aliphatic heterocycles. The summed E-state index contributed by atoms with van der Waals surface area (Å²) in [5.41, 5.74) is 6.49. The minimum Gasteiger partial charge on any atom is -0.411 e. The van der Waals surface area contributed by atoms with E-state index < -0.39 is 0 Å². The largest absolute Gasteiger partial charge is 1.00 e. The van der Waals surface area contributed by atoms with E-state index in [0.717, 1.165) is 77.3 Å². The number of hydrogen-bond donors (Lipinski definition) is 4. The minimum atomic E-state index is 0. The van der Waals surface area contributed by atoms with E-state index in [-0.39, 0.29) is 37.7 Å². The molecule has 1 aliphatic rings. The number of hydrogen-bond acceptors (Lipinski definition) is 2. The molecule has 0 radical (unpaired) electrons. The second-order valence-corrected chi connectivity index (χ2v) is 9.92. The van der Waals surface area contributed by atoms with Gasteiger partial charge < -0.3 is 34.9 Å². The zero-order valence-corrected chi connectivity index (χ0v) is 23.0. The van der Waals surface area contributed by atoms with Gasteiger partial charge in [0.15, 0.2) is 0 Å². The normalized spacial score (nSPS) is 11.4. The van der Waals surface area contributed by atoms with Crippen LogP contribution in [0.2, 0.25) is 0 Å². The second kappa shape index (κ2) is 10.1. The van der Waals surface area contributed by atoms with Gasteiger partial charge in [-0.15, -0.1) is 0 Å². The fraction of sp³-hybridized carbons (Fsp3) is 0.